The van der Waals surface area contributed by atoms with Crippen LogP contribution in [0.4, 0.5) is 15.2 Å². The summed E-state index contributed by atoms with van der Waals surface area (Å²) in [5, 5.41) is 0.660. The third kappa shape index (κ3) is 5.34. The second-order valence-electron chi connectivity index (χ2n) is 8.60. The Balaban J connectivity index is 0.00000306. The lowest BCUT2D eigenvalue weighted by Crippen LogP contribution is -2.41. The van der Waals surface area contributed by atoms with Crippen molar-refractivity contribution in [2.24, 2.45) is 5.92 Å². The maximum atomic E-state index is 13.6. The van der Waals surface area contributed by atoms with Crippen LogP contribution in [0.1, 0.15) is 17.5 Å². The molecule has 1 aliphatic rings. The Morgan fingerprint density at radius 3 is 2.55 bits per heavy atom. The number of fused-ring (bicyclic) bond motifs is 1. The van der Waals surface area contributed by atoms with Crippen molar-refractivity contribution < 1.29 is 14.0 Å². The van der Waals surface area contributed by atoms with Gasteiger partial charge >= 0.3 is 0 Å². The quantitative estimate of drug-likeness (QED) is 0.513. The maximum absolute atomic E-state index is 13.6. The van der Waals surface area contributed by atoms with Gasteiger partial charge in [0.2, 0.25) is 11.8 Å². The molecule has 1 unspecified atom stereocenters. The predicted octanol–water partition coefficient (Wildman–Crippen LogP) is 4.42. The van der Waals surface area contributed by atoms with Gasteiger partial charge in [-0.1, -0.05) is 17.4 Å². The van der Waals surface area contributed by atoms with Gasteiger partial charge in [-0.3, -0.25) is 14.5 Å². The SMILES string of the molecule is Cc1cc(C)c2nc(N(CCN(C)C)C(=O)C3CC(=O)N(c4ccc(F)cc4)C3)sc2c1.Cl. The average molecular weight is 491 g/mol. The molecule has 0 spiro atoms. The van der Waals surface area contributed by atoms with E-state index in [4.69, 9.17) is 4.98 Å². The lowest BCUT2D eigenvalue weighted by Gasteiger charge is -2.24. The van der Waals surface area contributed by atoms with E-state index in [9.17, 15) is 14.0 Å². The fraction of sp³-hybridized carbons (Fsp3) is 0.375. The zero-order valence-electron chi connectivity index (χ0n) is 19.2. The molecule has 0 saturated carbocycles. The minimum absolute atomic E-state index is 0. The highest BCUT2D eigenvalue weighted by atomic mass is 35.5. The summed E-state index contributed by atoms with van der Waals surface area (Å²) in [4.78, 5) is 36.4. The number of aromatic nitrogens is 1. The van der Waals surface area contributed by atoms with Crippen LogP contribution >= 0.6 is 23.7 Å². The van der Waals surface area contributed by atoms with Crippen LogP contribution in [0.2, 0.25) is 0 Å². The Bertz CT molecular complexity index is 1170. The summed E-state index contributed by atoms with van der Waals surface area (Å²) in [7, 11) is 3.92. The van der Waals surface area contributed by atoms with Gasteiger partial charge < -0.3 is 9.80 Å². The number of carbonyl (C=O) groups is 2. The zero-order chi connectivity index (χ0) is 23.0. The van der Waals surface area contributed by atoms with Gasteiger partial charge in [0.15, 0.2) is 5.13 Å². The predicted molar refractivity (Wildman–Crippen MR) is 134 cm³/mol. The van der Waals surface area contributed by atoms with E-state index < -0.39 is 5.92 Å². The molecule has 3 aromatic rings. The molecule has 0 bridgehead atoms. The number of rotatable bonds is 6. The smallest absolute Gasteiger partial charge is 0.234 e. The molecule has 1 aliphatic heterocycles. The van der Waals surface area contributed by atoms with Gasteiger partial charge in [-0.15, -0.1) is 12.4 Å². The maximum Gasteiger partial charge on any atom is 0.234 e. The van der Waals surface area contributed by atoms with E-state index >= 15 is 0 Å². The van der Waals surface area contributed by atoms with Crippen LogP contribution in [0.15, 0.2) is 36.4 Å². The normalized spacial score (nSPS) is 15.9. The summed E-state index contributed by atoms with van der Waals surface area (Å²) >= 11 is 1.51. The lowest BCUT2D eigenvalue weighted by molar-refractivity contribution is -0.124. The molecule has 4 rings (SSSR count). The van der Waals surface area contributed by atoms with Crippen molar-refractivity contribution in [1.82, 2.24) is 9.88 Å². The number of nitrogens with zero attached hydrogens (tertiary/aromatic N) is 4. The fourth-order valence-electron chi connectivity index (χ4n) is 4.04. The molecule has 9 heteroatoms. The molecule has 2 aromatic carbocycles. The summed E-state index contributed by atoms with van der Waals surface area (Å²) in [6.07, 6.45) is 0.137. The molecule has 0 aliphatic carbocycles. The first kappa shape index (κ1) is 25.1. The van der Waals surface area contributed by atoms with Crippen LogP contribution in [0.25, 0.3) is 10.2 Å². The summed E-state index contributed by atoms with van der Waals surface area (Å²) in [5.74, 6) is -1.05. The number of thiazole rings is 1. The summed E-state index contributed by atoms with van der Waals surface area (Å²) in [6.45, 7) is 5.54. The van der Waals surface area contributed by atoms with E-state index in [1.165, 1.54) is 23.5 Å². The van der Waals surface area contributed by atoms with Gasteiger partial charge in [0.1, 0.15) is 5.82 Å². The van der Waals surface area contributed by atoms with Crippen molar-refractivity contribution in [3.63, 3.8) is 0 Å². The monoisotopic (exact) mass is 490 g/mol. The fourth-order valence-corrected chi connectivity index (χ4v) is 5.21. The Morgan fingerprint density at radius 2 is 1.88 bits per heavy atom. The van der Waals surface area contributed by atoms with E-state index in [-0.39, 0.29) is 43.0 Å². The van der Waals surface area contributed by atoms with Crippen LogP contribution in [0.5, 0.6) is 0 Å². The first-order chi connectivity index (χ1) is 15.2. The highest BCUT2D eigenvalue weighted by Crippen LogP contribution is 2.34. The highest BCUT2D eigenvalue weighted by molar-refractivity contribution is 7.22. The highest BCUT2D eigenvalue weighted by Gasteiger charge is 2.38. The van der Waals surface area contributed by atoms with Crippen LogP contribution in [0, 0.1) is 25.6 Å². The topological polar surface area (TPSA) is 56.8 Å². The van der Waals surface area contributed by atoms with Crippen LogP contribution in [0.3, 0.4) is 0 Å². The standard InChI is InChI=1S/C24H27FN4O2S.ClH/c1-15-11-16(2)22-20(12-15)32-24(26-22)28(10-9-27(3)4)23(31)17-13-21(30)29(14-17)19-7-5-18(25)6-8-19;/h5-8,11-12,17H,9-10,13-14H2,1-4H3;1H. The van der Waals surface area contributed by atoms with Gasteiger partial charge in [0.05, 0.1) is 16.1 Å². The molecule has 176 valence electrons. The van der Waals surface area contributed by atoms with Gasteiger partial charge in [-0.05, 0) is 69.4 Å². The van der Waals surface area contributed by atoms with Gasteiger partial charge in [-0.25, -0.2) is 9.37 Å². The minimum Gasteiger partial charge on any atom is -0.312 e. The number of hydrogen-bond donors (Lipinski definition) is 0. The van der Waals surface area contributed by atoms with E-state index in [2.05, 4.69) is 19.1 Å². The van der Waals surface area contributed by atoms with Crippen molar-refractivity contribution in [3.05, 3.63) is 53.3 Å². The van der Waals surface area contributed by atoms with Gasteiger partial charge in [-0.2, -0.15) is 0 Å². The Labute approximate surface area is 203 Å². The molecule has 2 amide bonds. The summed E-state index contributed by atoms with van der Waals surface area (Å²) < 4.78 is 14.3. The molecule has 6 nitrogen and oxygen atoms in total. The first-order valence-corrected chi connectivity index (χ1v) is 11.4. The largest absolute Gasteiger partial charge is 0.312 e. The second-order valence-corrected chi connectivity index (χ2v) is 9.61. The molecule has 33 heavy (non-hydrogen) atoms. The lowest BCUT2D eigenvalue weighted by atomic mass is 10.1. The van der Waals surface area contributed by atoms with E-state index in [0.29, 0.717) is 23.9 Å². The average Bonchev–Trinajstić information content (AvgIpc) is 3.32. The molecule has 1 aromatic heterocycles. The molecule has 1 saturated heterocycles. The molecule has 2 heterocycles. The minimum atomic E-state index is -0.468. The number of aryl methyl sites for hydroxylation is 2. The van der Waals surface area contributed by atoms with Crippen molar-refractivity contribution in [2.45, 2.75) is 20.3 Å². The molecule has 0 N–H and O–H groups in total. The van der Waals surface area contributed by atoms with Crippen LogP contribution in [-0.2, 0) is 9.59 Å². The third-order valence-corrected chi connectivity index (χ3v) is 6.72. The van der Waals surface area contributed by atoms with Gasteiger partial charge in [0.25, 0.3) is 0 Å². The van der Waals surface area contributed by atoms with Gasteiger partial charge in [0, 0.05) is 31.7 Å². The molecule has 0 radical (unpaired) electrons. The van der Waals surface area contributed by atoms with Crippen molar-refractivity contribution in [1.29, 1.82) is 0 Å². The van der Waals surface area contributed by atoms with Crippen molar-refractivity contribution in [3.8, 4) is 0 Å². The number of anilines is 2. The van der Waals surface area contributed by atoms with E-state index in [0.717, 1.165) is 21.3 Å². The van der Waals surface area contributed by atoms with E-state index in [1.807, 2.05) is 25.9 Å². The summed E-state index contributed by atoms with van der Waals surface area (Å²) in [6, 6.07) is 9.98. The number of hydrogen-bond acceptors (Lipinski definition) is 5. The molecular weight excluding hydrogens is 463 g/mol. The van der Waals surface area contributed by atoms with Crippen LogP contribution < -0.4 is 9.80 Å². The molecular formula is C24H28ClFN4O2S. The Morgan fingerprint density at radius 1 is 1.18 bits per heavy atom. The van der Waals surface area contributed by atoms with Crippen molar-refractivity contribution in [2.75, 3.05) is 43.5 Å². The molecule has 1 fully saturated rings. The molecule has 1 atom stereocenters. The Hall–Kier alpha value is -2.55. The number of amides is 2. The number of benzene rings is 2. The van der Waals surface area contributed by atoms with Crippen molar-refractivity contribution >= 4 is 56.6 Å². The first-order valence-electron chi connectivity index (χ1n) is 10.6. The zero-order valence-corrected chi connectivity index (χ0v) is 20.8. The Kier molecular flexibility index (Phi) is 7.72. The number of halogens is 2. The summed E-state index contributed by atoms with van der Waals surface area (Å²) in [5.41, 5.74) is 3.76. The number of carbonyl (C=O) groups excluding carboxylic acids is 2. The third-order valence-electron chi connectivity index (χ3n) is 5.70. The second kappa shape index (κ2) is 10.2. The number of likely N-dealkylation sites (N-methyl/N-ethyl adjacent to an activating group) is 1. The van der Waals surface area contributed by atoms with Crippen LogP contribution in [-0.4, -0.2) is 55.4 Å². The van der Waals surface area contributed by atoms with E-state index in [1.54, 1.807) is 21.9 Å².